The van der Waals surface area contributed by atoms with E-state index in [0.717, 1.165) is 10.8 Å². The van der Waals surface area contributed by atoms with Gasteiger partial charge in [-0.3, -0.25) is 20.2 Å². The third-order valence-electron chi connectivity index (χ3n) is 4.42. The first-order chi connectivity index (χ1) is 14.9. The Morgan fingerprint density at radius 3 is 2.65 bits per heavy atom. The predicted molar refractivity (Wildman–Crippen MR) is 127 cm³/mol. The molecule has 0 aliphatic carbocycles. The summed E-state index contributed by atoms with van der Waals surface area (Å²) in [6.07, 6.45) is 0. The lowest BCUT2D eigenvalue weighted by molar-refractivity contribution is -0.384. The summed E-state index contributed by atoms with van der Waals surface area (Å²) in [5.74, 6) is -0.374. The van der Waals surface area contributed by atoms with Crippen LogP contribution in [-0.2, 0) is 0 Å². The Kier molecular flexibility index (Phi) is 5.90. The van der Waals surface area contributed by atoms with Crippen LogP contribution in [0.4, 0.5) is 10.8 Å². The van der Waals surface area contributed by atoms with Crippen LogP contribution in [0.5, 0.6) is 0 Å². The molecule has 0 bridgehead atoms. The Morgan fingerprint density at radius 2 is 1.84 bits per heavy atom. The number of hydrogen-bond acceptors (Lipinski definition) is 6. The van der Waals surface area contributed by atoms with Crippen LogP contribution >= 0.6 is 35.2 Å². The molecule has 7 nitrogen and oxygen atoms in total. The van der Waals surface area contributed by atoms with Crippen molar-refractivity contribution < 1.29 is 9.72 Å². The van der Waals surface area contributed by atoms with E-state index >= 15 is 0 Å². The lowest BCUT2D eigenvalue weighted by Gasteiger charge is -2.10. The fourth-order valence-electron chi connectivity index (χ4n) is 3.01. The highest BCUT2D eigenvalue weighted by Crippen LogP contribution is 2.28. The molecule has 1 heterocycles. The number of thiocarbonyl (C=S) groups is 1. The molecule has 4 rings (SSSR count). The molecule has 0 saturated heterocycles. The normalized spacial score (nSPS) is 10.6. The summed E-state index contributed by atoms with van der Waals surface area (Å²) in [4.78, 5) is 27.6. The van der Waals surface area contributed by atoms with Crippen molar-refractivity contribution in [3.8, 4) is 11.3 Å². The Bertz CT molecular complexity index is 1340. The molecule has 31 heavy (non-hydrogen) atoms. The minimum atomic E-state index is -0.458. The number of rotatable bonds is 4. The van der Waals surface area contributed by atoms with Crippen LogP contribution in [0, 0.1) is 10.1 Å². The molecular weight excluding hydrogens is 456 g/mol. The van der Waals surface area contributed by atoms with Crippen LogP contribution < -0.4 is 10.6 Å². The summed E-state index contributed by atoms with van der Waals surface area (Å²) in [5, 5.41) is 20.8. The van der Waals surface area contributed by atoms with Gasteiger partial charge in [0.1, 0.15) is 0 Å². The smallest absolute Gasteiger partial charge is 0.270 e. The van der Waals surface area contributed by atoms with E-state index < -0.39 is 4.92 Å². The molecule has 0 unspecified atom stereocenters. The van der Waals surface area contributed by atoms with E-state index in [9.17, 15) is 14.9 Å². The van der Waals surface area contributed by atoms with Gasteiger partial charge in [0.15, 0.2) is 10.2 Å². The molecule has 0 atom stereocenters. The molecule has 2 N–H and O–H groups in total. The molecule has 0 radical (unpaired) electrons. The van der Waals surface area contributed by atoms with Gasteiger partial charge in [0.2, 0.25) is 0 Å². The first-order valence-corrected chi connectivity index (χ1v) is 10.6. The molecule has 0 aliphatic rings. The molecule has 3 aromatic carbocycles. The highest BCUT2D eigenvalue weighted by atomic mass is 35.5. The average molecular weight is 469 g/mol. The molecule has 4 aromatic rings. The number of fused-ring (bicyclic) bond motifs is 1. The Hall–Kier alpha value is -3.40. The number of amides is 1. The van der Waals surface area contributed by atoms with Gasteiger partial charge in [0.25, 0.3) is 11.6 Å². The molecule has 0 aliphatic heterocycles. The Labute approximate surface area is 190 Å². The van der Waals surface area contributed by atoms with Crippen LogP contribution in [0.25, 0.3) is 22.0 Å². The lowest BCUT2D eigenvalue weighted by atomic mass is 10.0. The van der Waals surface area contributed by atoms with Crippen LogP contribution in [0.1, 0.15) is 10.4 Å². The third-order valence-corrected chi connectivity index (χ3v) is 5.71. The van der Waals surface area contributed by atoms with Crippen LogP contribution in [0.2, 0.25) is 5.02 Å². The number of aromatic nitrogens is 1. The van der Waals surface area contributed by atoms with Crippen LogP contribution in [0.15, 0.2) is 66.0 Å². The van der Waals surface area contributed by atoms with Crippen LogP contribution in [-0.4, -0.2) is 20.9 Å². The van der Waals surface area contributed by atoms with Gasteiger partial charge in [-0.15, -0.1) is 11.3 Å². The van der Waals surface area contributed by atoms with Gasteiger partial charge in [-0.2, -0.15) is 0 Å². The van der Waals surface area contributed by atoms with Gasteiger partial charge in [-0.1, -0.05) is 48.0 Å². The number of non-ortho nitro benzene ring substituents is 1. The van der Waals surface area contributed by atoms with Gasteiger partial charge < -0.3 is 5.32 Å². The van der Waals surface area contributed by atoms with E-state index in [1.165, 1.54) is 23.5 Å². The maximum Gasteiger partial charge on any atom is 0.270 e. The number of thiazole rings is 1. The predicted octanol–water partition coefficient (Wildman–Crippen LogP) is 5.65. The van der Waals surface area contributed by atoms with Gasteiger partial charge in [0.05, 0.1) is 10.6 Å². The topological polar surface area (TPSA) is 97.2 Å². The fraction of sp³-hybridized carbons (Fsp3) is 0. The first kappa shape index (κ1) is 20.9. The second-order valence-electron chi connectivity index (χ2n) is 6.39. The van der Waals surface area contributed by atoms with E-state index in [2.05, 4.69) is 15.6 Å². The number of carbonyl (C=O) groups is 1. The number of nitrogens with zero attached hydrogens (tertiary/aromatic N) is 2. The van der Waals surface area contributed by atoms with Gasteiger partial charge in [0, 0.05) is 39.0 Å². The van der Waals surface area contributed by atoms with Crippen molar-refractivity contribution in [2.24, 2.45) is 0 Å². The second-order valence-corrected chi connectivity index (χ2v) is 8.07. The van der Waals surface area contributed by atoms with Crippen molar-refractivity contribution >= 4 is 67.8 Å². The number of hydrogen-bond donors (Lipinski definition) is 2. The quantitative estimate of drug-likeness (QED) is 0.228. The average Bonchev–Trinajstić information content (AvgIpc) is 3.22. The summed E-state index contributed by atoms with van der Waals surface area (Å²) < 4.78 is 0. The fourth-order valence-corrected chi connectivity index (χ4v) is 4.23. The SMILES string of the molecule is O=C(NC(=S)Nc1nc(-c2cccc([N+](=O)[O-])c2)cs1)c1cccc2c(Cl)cccc12. The zero-order valence-corrected chi connectivity index (χ0v) is 18.1. The van der Waals surface area contributed by atoms with Crippen LogP contribution in [0.3, 0.4) is 0 Å². The maximum atomic E-state index is 12.7. The number of anilines is 1. The number of benzene rings is 3. The van der Waals surface area contributed by atoms with Crippen molar-refractivity contribution in [1.82, 2.24) is 10.3 Å². The summed E-state index contributed by atoms with van der Waals surface area (Å²) in [7, 11) is 0. The highest BCUT2D eigenvalue weighted by Gasteiger charge is 2.14. The third kappa shape index (κ3) is 4.53. The summed E-state index contributed by atoms with van der Waals surface area (Å²) in [5.41, 5.74) is 1.61. The van der Waals surface area contributed by atoms with Gasteiger partial charge >= 0.3 is 0 Å². The standard InChI is InChI=1S/C21H13ClN4O3S2/c22-17-9-3-6-14-15(17)7-2-8-16(14)19(27)24-20(30)25-21-23-18(11-31-21)12-4-1-5-13(10-12)26(28)29/h1-11H,(H2,23,24,25,27,30). The van der Waals surface area contributed by atoms with Crippen molar-refractivity contribution in [1.29, 1.82) is 0 Å². The van der Waals surface area contributed by atoms with Crippen molar-refractivity contribution in [3.63, 3.8) is 0 Å². The molecule has 0 fully saturated rings. The largest absolute Gasteiger partial charge is 0.308 e. The van der Waals surface area contributed by atoms with E-state index in [-0.39, 0.29) is 16.7 Å². The van der Waals surface area contributed by atoms with Crippen molar-refractivity contribution in [2.75, 3.05) is 5.32 Å². The van der Waals surface area contributed by atoms with Crippen molar-refractivity contribution in [3.05, 3.63) is 86.7 Å². The zero-order valence-electron chi connectivity index (χ0n) is 15.7. The molecule has 1 aromatic heterocycles. The molecule has 1 amide bonds. The van der Waals surface area contributed by atoms with Gasteiger partial charge in [-0.25, -0.2) is 4.98 Å². The number of nitro benzene ring substituents is 1. The number of nitro groups is 1. The number of carbonyl (C=O) groups excluding carboxylic acids is 1. The minimum Gasteiger partial charge on any atom is -0.308 e. The van der Waals surface area contributed by atoms with E-state index in [1.807, 2.05) is 12.1 Å². The highest BCUT2D eigenvalue weighted by molar-refractivity contribution is 7.80. The minimum absolute atomic E-state index is 0.0158. The first-order valence-electron chi connectivity index (χ1n) is 8.92. The zero-order chi connectivity index (χ0) is 22.0. The Morgan fingerprint density at radius 1 is 1.10 bits per heavy atom. The Balaban J connectivity index is 1.48. The number of halogens is 1. The summed E-state index contributed by atoms with van der Waals surface area (Å²) in [6, 6.07) is 16.9. The summed E-state index contributed by atoms with van der Waals surface area (Å²) >= 11 is 12.7. The molecule has 10 heteroatoms. The molecule has 0 saturated carbocycles. The maximum absolute atomic E-state index is 12.7. The van der Waals surface area contributed by atoms with E-state index in [0.29, 0.717) is 27.0 Å². The second kappa shape index (κ2) is 8.76. The monoisotopic (exact) mass is 468 g/mol. The molecule has 154 valence electrons. The van der Waals surface area contributed by atoms with E-state index in [4.69, 9.17) is 23.8 Å². The lowest BCUT2D eigenvalue weighted by Crippen LogP contribution is -2.34. The number of nitrogens with one attached hydrogen (secondary N) is 2. The molecular formula is C21H13ClN4O3S2. The van der Waals surface area contributed by atoms with E-state index in [1.54, 1.807) is 41.8 Å². The van der Waals surface area contributed by atoms with Crippen molar-refractivity contribution in [2.45, 2.75) is 0 Å². The van der Waals surface area contributed by atoms with Gasteiger partial charge in [-0.05, 0) is 29.7 Å². The molecule has 0 spiro atoms. The summed E-state index contributed by atoms with van der Waals surface area (Å²) in [6.45, 7) is 0.